The summed E-state index contributed by atoms with van der Waals surface area (Å²) in [6.07, 6.45) is -2.76. The number of Topliss-reactive ketones (excluding diaryl/α,β-unsaturated/α-hetero) is 4. The van der Waals surface area contributed by atoms with Crippen LogP contribution in [0.4, 0.5) is 43.9 Å². The van der Waals surface area contributed by atoms with Gasteiger partial charge in [0.05, 0.1) is 37.2 Å². The molecule has 0 heterocycles. The van der Waals surface area contributed by atoms with Crippen LogP contribution in [0.5, 0.6) is 0 Å². The van der Waals surface area contributed by atoms with Crippen molar-refractivity contribution in [1.82, 2.24) is 0 Å². The van der Waals surface area contributed by atoms with E-state index in [2.05, 4.69) is 9.47 Å². The van der Waals surface area contributed by atoms with Crippen molar-refractivity contribution >= 4 is 35.1 Å². The Balaban J connectivity index is 0.000000802. The zero-order valence-corrected chi connectivity index (χ0v) is 22.1. The van der Waals surface area contributed by atoms with E-state index in [0.717, 1.165) is 0 Å². The van der Waals surface area contributed by atoms with E-state index in [1.54, 1.807) is 0 Å². The normalized spacial score (nSPS) is 10.1. The van der Waals surface area contributed by atoms with Crippen molar-refractivity contribution in [3.63, 3.8) is 0 Å². The van der Waals surface area contributed by atoms with E-state index in [9.17, 15) is 72.7 Å². The molecular weight excluding hydrogens is 670 g/mol. The van der Waals surface area contributed by atoms with Crippen molar-refractivity contribution in [2.45, 2.75) is 26.7 Å². The number of rotatable bonds is 10. The summed E-state index contributed by atoms with van der Waals surface area (Å²) in [7, 11) is 0. The molecule has 0 aliphatic rings. The van der Waals surface area contributed by atoms with Crippen molar-refractivity contribution in [2.75, 3.05) is 13.2 Å². The number of carbonyl (C=O) groups excluding carboxylic acids is 6. The van der Waals surface area contributed by atoms with Gasteiger partial charge in [-0.2, -0.15) is 0 Å². The van der Waals surface area contributed by atoms with Crippen LogP contribution in [0.2, 0.25) is 0 Å². The molecule has 0 bridgehead atoms. The van der Waals surface area contributed by atoms with E-state index < -0.39 is 117 Å². The Morgan fingerprint density at radius 2 is 0.651 bits per heavy atom. The minimum atomic E-state index is -2.43. The smallest absolute Gasteiger partial charge is 0.375 e. The minimum absolute atomic E-state index is 0. The van der Waals surface area contributed by atoms with Crippen molar-refractivity contribution in [3.05, 3.63) is 69.3 Å². The van der Waals surface area contributed by atoms with Crippen LogP contribution in [0.15, 0.2) is 0 Å². The Morgan fingerprint density at radius 1 is 0.442 bits per heavy atom. The van der Waals surface area contributed by atoms with Gasteiger partial charge in [0.1, 0.15) is 0 Å². The molecule has 0 unspecified atom stereocenters. The quantitative estimate of drug-likeness (QED) is 0.0535. The number of carbonyl (C=O) groups is 6. The van der Waals surface area contributed by atoms with Crippen molar-refractivity contribution in [2.24, 2.45) is 0 Å². The molecule has 0 aliphatic heterocycles. The van der Waals surface area contributed by atoms with Gasteiger partial charge in [0.2, 0.25) is 23.2 Å². The second-order valence-corrected chi connectivity index (χ2v) is 7.38. The standard InChI is InChI=1S/2C12H7F5O4.Cu/c2*1-2-21-12(20)5(19)3-4(18)6-7(13)9(15)11(17)10(16)8(6)14;/h2*2-3H2,1H3;. The van der Waals surface area contributed by atoms with Gasteiger partial charge in [-0.1, -0.05) is 0 Å². The summed E-state index contributed by atoms with van der Waals surface area (Å²) in [5, 5.41) is 0. The first-order valence-electron chi connectivity index (χ1n) is 10.9. The number of ketones is 4. The average Bonchev–Trinajstić information content (AvgIpc) is 2.93. The van der Waals surface area contributed by atoms with Crippen LogP contribution in [-0.4, -0.2) is 48.3 Å². The largest absolute Gasteiger partial charge is 0.460 e. The van der Waals surface area contributed by atoms with Gasteiger partial charge in [-0.05, 0) is 13.8 Å². The Hall–Kier alpha value is -4.12. The van der Waals surface area contributed by atoms with Crippen LogP contribution >= 0.6 is 0 Å². The molecule has 2 rings (SSSR count). The maximum atomic E-state index is 13.3. The molecule has 19 heteroatoms. The topological polar surface area (TPSA) is 121 Å². The number of hydrogen-bond donors (Lipinski definition) is 0. The monoisotopic (exact) mass is 683 g/mol. The molecule has 0 aliphatic carbocycles. The maximum Gasteiger partial charge on any atom is 0.375 e. The zero-order valence-electron chi connectivity index (χ0n) is 21.2. The number of esters is 2. The third-order valence-corrected chi connectivity index (χ3v) is 4.63. The molecule has 0 saturated heterocycles. The minimum Gasteiger partial charge on any atom is -0.460 e. The van der Waals surface area contributed by atoms with Crippen LogP contribution < -0.4 is 0 Å². The summed E-state index contributed by atoms with van der Waals surface area (Å²) in [4.78, 5) is 67.2. The van der Waals surface area contributed by atoms with Crippen molar-refractivity contribution < 1.29 is 99.2 Å². The average molecular weight is 684 g/mol. The molecule has 0 aromatic heterocycles. The number of benzene rings is 2. The molecule has 1 radical (unpaired) electrons. The first kappa shape index (κ1) is 38.9. The van der Waals surface area contributed by atoms with Crippen LogP contribution in [0.1, 0.15) is 47.4 Å². The second kappa shape index (κ2) is 16.5. The Labute approximate surface area is 243 Å². The third kappa shape index (κ3) is 8.93. The van der Waals surface area contributed by atoms with Gasteiger partial charge >= 0.3 is 11.9 Å². The molecular formula is C24H14CuF10O8. The van der Waals surface area contributed by atoms with E-state index in [1.165, 1.54) is 13.8 Å². The van der Waals surface area contributed by atoms with Gasteiger partial charge in [-0.25, -0.2) is 53.5 Å². The summed E-state index contributed by atoms with van der Waals surface area (Å²) in [5.41, 5.74) is -3.55. The van der Waals surface area contributed by atoms with Crippen molar-refractivity contribution in [3.8, 4) is 0 Å². The van der Waals surface area contributed by atoms with Crippen molar-refractivity contribution in [1.29, 1.82) is 0 Å². The SMILES string of the molecule is CCOC(=O)C(=O)CC(=O)c1c(F)c(F)c(F)c(F)c1F.CCOC(=O)C(=O)CC(=O)c1c(F)c(F)c(F)c(F)c1F.[Cu]. The van der Waals surface area contributed by atoms with Crippen LogP contribution in [-0.2, 0) is 45.7 Å². The fourth-order valence-electron chi connectivity index (χ4n) is 2.74. The van der Waals surface area contributed by atoms with Gasteiger partial charge in [0, 0.05) is 17.1 Å². The predicted molar refractivity (Wildman–Crippen MR) is 114 cm³/mol. The summed E-state index contributed by atoms with van der Waals surface area (Å²) < 4.78 is 139. The summed E-state index contributed by atoms with van der Waals surface area (Å²) in [5.74, 6) is -32.9. The molecule has 2 aromatic carbocycles. The van der Waals surface area contributed by atoms with Gasteiger partial charge < -0.3 is 9.47 Å². The number of halogens is 10. The molecule has 239 valence electrons. The zero-order chi connectivity index (χ0) is 32.6. The molecule has 0 saturated carbocycles. The molecule has 0 spiro atoms. The molecule has 0 N–H and O–H groups in total. The van der Waals surface area contributed by atoms with E-state index in [0.29, 0.717) is 0 Å². The van der Waals surface area contributed by atoms with E-state index in [1.807, 2.05) is 0 Å². The van der Waals surface area contributed by atoms with Crippen LogP contribution in [0, 0.1) is 58.2 Å². The predicted octanol–water partition coefficient (Wildman–Crippen LogP) is 4.17. The molecule has 2 aromatic rings. The fourth-order valence-corrected chi connectivity index (χ4v) is 2.74. The van der Waals surface area contributed by atoms with E-state index >= 15 is 0 Å². The second-order valence-electron chi connectivity index (χ2n) is 7.38. The summed E-state index contributed by atoms with van der Waals surface area (Å²) in [6, 6.07) is 0. The number of ether oxygens (including phenoxy) is 2. The third-order valence-electron chi connectivity index (χ3n) is 4.63. The molecule has 0 atom stereocenters. The molecule has 43 heavy (non-hydrogen) atoms. The molecule has 0 fully saturated rings. The Bertz CT molecular complexity index is 1310. The van der Waals surface area contributed by atoms with Crippen LogP contribution in [0.3, 0.4) is 0 Å². The van der Waals surface area contributed by atoms with Gasteiger partial charge in [0.15, 0.2) is 58.1 Å². The van der Waals surface area contributed by atoms with Gasteiger partial charge in [-0.3, -0.25) is 19.2 Å². The Kier molecular flexibility index (Phi) is 14.9. The maximum absolute atomic E-state index is 13.3. The number of hydrogen-bond acceptors (Lipinski definition) is 8. The van der Waals surface area contributed by atoms with E-state index in [4.69, 9.17) is 0 Å². The van der Waals surface area contributed by atoms with Gasteiger partial charge in [0.25, 0.3) is 0 Å². The summed E-state index contributed by atoms with van der Waals surface area (Å²) in [6.45, 7) is 2.33. The first-order chi connectivity index (χ1) is 19.4. The first-order valence-corrected chi connectivity index (χ1v) is 10.9. The fraction of sp³-hybridized carbons (Fsp3) is 0.250. The Morgan fingerprint density at radius 3 is 0.860 bits per heavy atom. The van der Waals surface area contributed by atoms with Gasteiger partial charge in [-0.15, -0.1) is 0 Å². The van der Waals surface area contributed by atoms with Crippen LogP contribution in [0.25, 0.3) is 0 Å². The molecule has 0 amide bonds. The van der Waals surface area contributed by atoms with E-state index in [-0.39, 0.29) is 30.3 Å². The molecule has 8 nitrogen and oxygen atoms in total. The summed E-state index contributed by atoms with van der Waals surface area (Å²) >= 11 is 0.